The average molecular weight is 698 g/mol. The number of anilines is 2. The lowest BCUT2D eigenvalue weighted by atomic mass is 9.97. The SMILES string of the molecule is O=P1(c2ccccc2)c2cc3c(cc2-c2cc4c5ccccc5n(-c5ccccc5)c4cc2N1c1ccccc1)c1ccccc1n3-c1ccccc1. The summed E-state index contributed by atoms with van der Waals surface area (Å²) in [7, 11) is -3.57. The molecule has 0 aliphatic carbocycles. The van der Waals surface area contributed by atoms with Gasteiger partial charge in [-0.05, 0) is 90.5 Å². The number of benzene rings is 8. The van der Waals surface area contributed by atoms with Crippen molar-refractivity contribution in [1.29, 1.82) is 0 Å². The van der Waals surface area contributed by atoms with Crippen molar-refractivity contribution < 1.29 is 4.57 Å². The highest BCUT2D eigenvalue weighted by molar-refractivity contribution is 7.80. The lowest BCUT2D eigenvalue weighted by Gasteiger charge is -2.40. The monoisotopic (exact) mass is 697 g/mol. The molecule has 0 bridgehead atoms. The van der Waals surface area contributed by atoms with E-state index >= 15 is 4.57 Å². The molecule has 0 radical (unpaired) electrons. The summed E-state index contributed by atoms with van der Waals surface area (Å²) in [5, 5.41) is 6.26. The smallest absolute Gasteiger partial charge is 0.234 e. The molecule has 10 aromatic rings. The minimum atomic E-state index is -3.57. The Hall–Kier alpha value is -6.61. The van der Waals surface area contributed by atoms with Gasteiger partial charge >= 0.3 is 0 Å². The number of nitrogens with zero attached hydrogens (tertiary/aromatic N) is 3. The van der Waals surface area contributed by atoms with Crippen LogP contribution in [0, 0.1) is 0 Å². The maximum Gasteiger partial charge on any atom is 0.234 e. The maximum absolute atomic E-state index is 16.8. The van der Waals surface area contributed by atoms with Gasteiger partial charge in [-0.1, -0.05) is 109 Å². The zero-order valence-electron chi connectivity index (χ0n) is 28.7. The molecule has 5 heteroatoms. The Kier molecular flexibility index (Phi) is 6.49. The summed E-state index contributed by atoms with van der Waals surface area (Å²) < 4.78 is 23.6. The van der Waals surface area contributed by atoms with Crippen molar-refractivity contribution in [1.82, 2.24) is 9.13 Å². The standard InChI is InChI=1S/C48H32N3OP/c52-53(36-23-11-4-12-24-36)48-32-46-40(38-26-14-16-28-44(38)50(46)34-19-7-2-8-20-34)30-42(48)41-29-39-37-25-13-15-27-43(37)49(33-17-5-1-6-18-33)45(39)31-47(41)51(53)35-21-9-3-10-22-35/h1-32H. The molecule has 0 saturated heterocycles. The molecule has 0 spiro atoms. The zero-order chi connectivity index (χ0) is 35.1. The Labute approximate surface area is 306 Å². The van der Waals surface area contributed by atoms with Crippen LogP contribution in [0.15, 0.2) is 194 Å². The molecule has 53 heavy (non-hydrogen) atoms. The molecule has 1 unspecified atom stereocenters. The van der Waals surface area contributed by atoms with Crippen molar-refractivity contribution in [2.45, 2.75) is 0 Å². The van der Waals surface area contributed by atoms with Gasteiger partial charge in [-0.3, -0.25) is 9.24 Å². The van der Waals surface area contributed by atoms with Crippen molar-refractivity contribution in [3.8, 4) is 22.5 Å². The average Bonchev–Trinajstić information content (AvgIpc) is 3.73. The molecule has 8 aromatic carbocycles. The third-order valence-corrected chi connectivity index (χ3v) is 13.9. The molecule has 1 aliphatic heterocycles. The fraction of sp³-hybridized carbons (Fsp3) is 0. The van der Waals surface area contributed by atoms with Gasteiger partial charge in [0.25, 0.3) is 0 Å². The molecule has 0 saturated carbocycles. The highest BCUT2D eigenvalue weighted by Crippen LogP contribution is 2.62. The second-order valence-electron chi connectivity index (χ2n) is 13.7. The molecular formula is C48H32N3OP. The number of para-hydroxylation sites is 5. The van der Waals surface area contributed by atoms with Gasteiger partial charge in [-0.15, -0.1) is 0 Å². The molecule has 0 N–H and O–H groups in total. The predicted molar refractivity (Wildman–Crippen MR) is 222 cm³/mol. The Balaban J connectivity index is 1.34. The molecule has 2 aromatic heterocycles. The summed E-state index contributed by atoms with van der Waals surface area (Å²) in [5.74, 6) is 0. The van der Waals surface area contributed by atoms with Crippen molar-refractivity contribution >= 4 is 72.9 Å². The van der Waals surface area contributed by atoms with Gasteiger partial charge < -0.3 is 9.13 Å². The first-order valence-corrected chi connectivity index (χ1v) is 19.6. The normalized spacial score (nSPS) is 15.3. The molecule has 250 valence electrons. The van der Waals surface area contributed by atoms with Gasteiger partial charge in [0.05, 0.1) is 27.8 Å². The third kappa shape index (κ3) is 4.27. The highest BCUT2D eigenvalue weighted by Gasteiger charge is 2.44. The molecule has 0 fully saturated rings. The van der Waals surface area contributed by atoms with Gasteiger partial charge in [0.15, 0.2) is 0 Å². The molecule has 4 nitrogen and oxygen atoms in total. The van der Waals surface area contributed by atoms with Crippen LogP contribution in [-0.2, 0) is 4.57 Å². The minimum absolute atomic E-state index is 0.793. The van der Waals surface area contributed by atoms with E-state index in [4.69, 9.17) is 0 Å². The molecule has 1 aliphatic rings. The fourth-order valence-electron chi connectivity index (χ4n) is 8.59. The molecular weight excluding hydrogens is 666 g/mol. The topological polar surface area (TPSA) is 30.2 Å². The summed E-state index contributed by atoms with van der Waals surface area (Å²) in [6, 6.07) is 67.8. The second-order valence-corrected chi connectivity index (χ2v) is 16.3. The number of aromatic nitrogens is 2. The largest absolute Gasteiger partial charge is 0.309 e. The summed E-state index contributed by atoms with van der Waals surface area (Å²) in [4.78, 5) is 0. The Morgan fingerprint density at radius 1 is 0.358 bits per heavy atom. The molecule has 11 rings (SSSR count). The van der Waals surface area contributed by atoms with Crippen molar-refractivity contribution in [2.24, 2.45) is 0 Å². The Morgan fingerprint density at radius 2 is 0.792 bits per heavy atom. The lowest BCUT2D eigenvalue weighted by Crippen LogP contribution is -2.33. The second kappa shape index (κ2) is 11.4. The Morgan fingerprint density at radius 3 is 1.34 bits per heavy atom. The van der Waals surface area contributed by atoms with Gasteiger partial charge in [0, 0.05) is 54.8 Å². The summed E-state index contributed by atoms with van der Waals surface area (Å²) in [6.07, 6.45) is 0. The van der Waals surface area contributed by atoms with E-state index in [-0.39, 0.29) is 0 Å². The lowest BCUT2D eigenvalue weighted by molar-refractivity contribution is 0.587. The van der Waals surface area contributed by atoms with E-state index in [1.807, 2.05) is 54.6 Å². The summed E-state index contributed by atoms with van der Waals surface area (Å²) in [5.41, 5.74) is 10.4. The molecule has 3 heterocycles. The van der Waals surface area contributed by atoms with Crippen LogP contribution >= 0.6 is 7.29 Å². The van der Waals surface area contributed by atoms with Crippen LogP contribution in [0.2, 0.25) is 0 Å². The first kappa shape index (κ1) is 30.1. The zero-order valence-corrected chi connectivity index (χ0v) is 29.6. The van der Waals surface area contributed by atoms with Crippen LogP contribution in [0.3, 0.4) is 0 Å². The van der Waals surface area contributed by atoms with Gasteiger partial charge in [-0.25, -0.2) is 0 Å². The number of hydrogen-bond acceptors (Lipinski definition) is 1. The van der Waals surface area contributed by atoms with E-state index in [1.165, 1.54) is 5.39 Å². The van der Waals surface area contributed by atoms with E-state index in [0.29, 0.717) is 0 Å². The third-order valence-electron chi connectivity index (χ3n) is 10.8. The quantitative estimate of drug-likeness (QED) is 0.171. The van der Waals surface area contributed by atoms with Crippen LogP contribution in [0.4, 0.5) is 11.4 Å². The molecule has 1 atom stereocenters. The fourth-order valence-corrected chi connectivity index (χ4v) is 11.6. The van der Waals surface area contributed by atoms with Crippen molar-refractivity contribution in [3.63, 3.8) is 0 Å². The Bertz CT molecular complexity index is 3080. The van der Waals surface area contributed by atoms with Crippen LogP contribution in [0.5, 0.6) is 0 Å². The minimum Gasteiger partial charge on any atom is -0.309 e. The van der Waals surface area contributed by atoms with E-state index in [0.717, 1.165) is 82.7 Å². The number of fused-ring (bicyclic) bond motifs is 9. The van der Waals surface area contributed by atoms with Crippen LogP contribution in [0.1, 0.15) is 0 Å². The van der Waals surface area contributed by atoms with E-state index in [2.05, 4.69) is 153 Å². The first-order chi connectivity index (χ1) is 26.2. The first-order valence-electron chi connectivity index (χ1n) is 18.0. The number of hydrogen-bond donors (Lipinski definition) is 0. The summed E-state index contributed by atoms with van der Waals surface area (Å²) in [6.45, 7) is 0. The van der Waals surface area contributed by atoms with Gasteiger partial charge in [-0.2, -0.15) is 0 Å². The van der Waals surface area contributed by atoms with Crippen molar-refractivity contribution in [3.05, 3.63) is 194 Å². The van der Waals surface area contributed by atoms with Crippen LogP contribution < -0.4 is 15.3 Å². The highest BCUT2D eigenvalue weighted by atomic mass is 31.2. The summed E-state index contributed by atoms with van der Waals surface area (Å²) >= 11 is 0. The van der Waals surface area contributed by atoms with Gasteiger partial charge in [0.2, 0.25) is 7.29 Å². The van der Waals surface area contributed by atoms with E-state index in [9.17, 15) is 0 Å². The molecule has 0 amide bonds. The van der Waals surface area contributed by atoms with Crippen LogP contribution in [0.25, 0.3) is 66.1 Å². The van der Waals surface area contributed by atoms with E-state index in [1.54, 1.807) is 0 Å². The van der Waals surface area contributed by atoms with Crippen molar-refractivity contribution in [2.75, 3.05) is 4.67 Å². The van der Waals surface area contributed by atoms with Crippen LogP contribution in [-0.4, -0.2) is 9.13 Å². The van der Waals surface area contributed by atoms with Gasteiger partial charge in [0.1, 0.15) is 0 Å². The van der Waals surface area contributed by atoms with E-state index < -0.39 is 7.29 Å². The number of rotatable bonds is 4. The maximum atomic E-state index is 16.8. The predicted octanol–water partition coefficient (Wildman–Crippen LogP) is 11.9.